The predicted molar refractivity (Wildman–Crippen MR) is 176 cm³/mol. The topological polar surface area (TPSA) is 75.0 Å². The molecule has 0 spiro atoms. The summed E-state index contributed by atoms with van der Waals surface area (Å²) in [6.45, 7) is 1.96. The van der Waals surface area contributed by atoms with Crippen LogP contribution in [0.25, 0.3) is 50.3 Å². The Hall–Kier alpha value is -4.96. The summed E-state index contributed by atoms with van der Waals surface area (Å²) >= 11 is 0. The molecule has 7 nitrogen and oxygen atoms in total. The Bertz CT molecular complexity index is 2190. The maximum atomic E-state index is 6.27. The molecule has 236 valence electrons. The molecule has 4 aromatic carbocycles. The van der Waals surface area contributed by atoms with Gasteiger partial charge in [0.05, 0.1) is 0 Å². The smallest absolute Gasteiger partial charge is 0.503 e. The summed E-state index contributed by atoms with van der Waals surface area (Å²) in [5, 5.41) is 1.90. The number of aryl methyl sites for hydroxylation is 1. The van der Waals surface area contributed by atoms with Crippen molar-refractivity contribution in [3.63, 3.8) is 0 Å². The van der Waals surface area contributed by atoms with Crippen molar-refractivity contribution in [1.29, 1.82) is 0 Å². The van der Waals surface area contributed by atoms with Gasteiger partial charge in [0.25, 0.3) is 0 Å². The molecule has 0 atom stereocenters. The van der Waals surface area contributed by atoms with Crippen LogP contribution in [0.1, 0.15) is 5.56 Å². The summed E-state index contributed by atoms with van der Waals surface area (Å²) in [5.74, 6) is 2.64. The van der Waals surface area contributed by atoms with E-state index >= 15 is 0 Å². The van der Waals surface area contributed by atoms with Gasteiger partial charge in [-0.25, -0.2) is 9.97 Å². The SMILES string of the molecule is Cc1cnc(-n2c3[c-]c(Oc4[c-]c(-c5ccccn5)ccc4)ccc3c3ccc(Oc4[c-]c(-c5ccccn5)ccc4)[c-]c32)nc1.[Pt+2].[Pt+2]. The van der Waals surface area contributed by atoms with E-state index in [2.05, 4.69) is 44.2 Å². The zero-order valence-electron chi connectivity index (χ0n) is 25.2. The molecule has 0 saturated carbocycles. The van der Waals surface area contributed by atoms with Crippen molar-refractivity contribution in [2.45, 2.75) is 6.92 Å². The van der Waals surface area contributed by atoms with Gasteiger partial charge in [-0.15, -0.1) is 71.8 Å². The molecule has 0 saturated heterocycles. The average Bonchev–Trinajstić information content (AvgIpc) is 3.42. The molecule has 4 heterocycles. The molecule has 8 rings (SSSR count). The second-order valence-corrected chi connectivity index (χ2v) is 10.6. The first-order chi connectivity index (χ1) is 22.7. The largest absolute Gasteiger partial charge is 2.00 e. The van der Waals surface area contributed by atoms with Crippen LogP contribution >= 0.6 is 0 Å². The molecule has 0 aliphatic carbocycles. The van der Waals surface area contributed by atoms with Gasteiger partial charge in [0.2, 0.25) is 5.95 Å². The van der Waals surface area contributed by atoms with Crippen molar-refractivity contribution in [1.82, 2.24) is 24.5 Å². The van der Waals surface area contributed by atoms with E-state index in [0.717, 1.165) is 49.9 Å². The zero-order valence-corrected chi connectivity index (χ0v) is 29.8. The van der Waals surface area contributed by atoms with Crippen LogP contribution in [0.2, 0.25) is 0 Å². The third kappa shape index (κ3) is 6.71. The molecule has 0 N–H and O–H groups in total. The first kappa shape index (κ1) is 33.0. The van der Waals surface area contributed by atoms with Crippen LogP contribution in [-0.2, 0) is 42.1 Å². The van der Waals surface area contributed by atoms with E-state index in [-0.39, 0.29) is 42.1 Å². The van der Waals surface area contributed by atoms with Gasteiger partial charge < -0.3 is 24.0 Å². The fourth-order valence-electron chi connectivity index (χ4n) is 5.24. The summed E-state index contributed by atoms with van der Waals surface area (Å²) < 4.78 is 14.5. The van der Waals surface area contributed by atoms with Gasteiger partial charge in [0, 0.05) is 47.8 Å². The van der Waals surface area contributed by atoms with Crippen LogP contribution in [0.5, 0.6) is 23.0 Å². The number of nitrogens with zero attached hydrogens (tertiary/aromatic N) is 5. The Balaban J connectivity index is 0.00000201. The third-order valence-electron chi connectivity index (χ3n) is 7.36. The fraction of sp³-hybridized carbons (Fsp3) is 0.0256. The van der Waals surface area contributed by atoms with Gasteiger partial charge in [0.15, 0.2) is 0 Å². The number of hydrogen-bond donors (Lipinski definition) is 0. The van der Waals surface area contributed by atoms with Gasteiger partial charge in [-0.3, -0.25) is 0 Å². The van der Waals surface area contributed by atoms with Gasteiger partial charge in [0.1, 0.15) is 0 Å². The summed E-state index contributed by atoms with van der Waals surface area (Å²) in [7, 11) is 0. The van der Waals surface area contributed by atoms with Crippen molar-refractivity contribution in [2.24, 2.45) is 0 Å². The minimum Gasteiger partial charge on any atom is -0.503 e. The first-order valence-corrected chi connectivity index (χ1v) is 14.6. The molecular weight excluding hydrogens is 961 g/mol. The molecule has 48 heavy (non-hydrogen) atoms. The number of rotatable bonds is 7. The number of ether oxygens (including phenoxy) is 2. The molecule has 0 bridgehead atoms. The van der Waals surface area contributed by atoms with Crippen molar-refractivity contribution in [3.05, 3.63) is 152 Å². The van der Waals surface area contributed by atoms with Crippen molar-refractivity contribution in [3.8, 4) is 51.5 Å². The molecule has 0 unspecified atom stereocenters. The number of aromatic nitrogens is 5. The Morgan fingerprint density at radius 2 is 0.979 bits per heavy atom. The van der Waals surface area contributed by atoms with Crippen LogP contribution in [0.15, 0.2) is 122 Å². The second kappa shape index (κ2) is 14.4. The van der Waals surface area contributed by atoms with Crippen LogP contribution in [0.4, 0.5) is 0 Å². The second-order valence-electron chi connectivity index (χ2n) is 10.6. The van der Waals surface area contributed by atoms with E-state index in [9.17, 15) is 0 Å². The van der Waals surface area contributed by atoms with E-state index in [1.165, 1.54) is 0 Å². The maximum Gasteiger partial charge on any atom is 2.00 e. The quantitative estimate of drug-likeness (QED) is 0.149. The predicted octanol–water partition coefficient (Wildman–Crippen LogP) is 8.79. The monoisotopic (exact) mass is 983 g/mol. The van der Waals surface area contributed by atoms with Gasteiger partial charge >= 0.3 is 42.1 Å². The van der Waals surface area contributed by atoms with Crippen LogP contribution in [0, 0.1) is 31.2 Å². The third-order valence-corrected chi connectivity index (χ3v) is 7.36. The first-order valence-electron chi connectivity index (χ1n) is 14.6. The van der Waals surface area contributed by atoms with E-state index in [0.29, 0.717) is 28.9 Å². The van der Waals surface area contributed by atoms with Gasteiger partial charge in [-0.05, 0) is 36.0 Å². The van der Waals surface area contributed by atoms with E-state index < -0.39 is 0 Å². The summed E-state index contributed by atoms with van der Waals surface area (Å²) in [5.41, 5.74) is 5.76. The van der Waals surface area contributed by atoms with Gasteiger partial charge in [-0.1, -0.05) is 47.4 Å². The Morgan fingerprint density at radius 1 is 0.500 bits per heavy atom. The van der Waals surface area contributed by atoms with Crippen LogP contribution in [-0.4, -0.2) is 24.5 Å². The van der Waals surface area contributed by atoms with Gasteiger partial charge in [-0.2, -0.15) is 22.9 Å². The number of pyridine rings is 2. The van der Waals surface area contributed by atoms with Crippen LogP contribution < -0.4 is 9.47 Å². The summed E-state index contributed by atoms with van der Waals surface area (Å²) in [4.78, 5) is 18.2. The van der Waals surface area contributed by atoms with E-state index in [1.54, 1.807) is 24.8 Å². The Morgan fingerprint density at radius 3 is 1.44 bits per heavy atom. The normalized spacial score (nSPS) is 10.7. The minimum atomic E-state index is 0. The molecule has 0 amide bonds. The molecule has 0 radical (unpaired) electrons. The average molecular weight is 984 g/mol. The van der Waals surface area contributed by atoms with Crippen molar-refractivity contribution in [2.75, 3.05) is 0 Å². The molecule has 9 heteroatoms. The minimum absolute atomic E-state index is 0. The molecule has 4 aromatic heterocycles. The van der Waals surface area contributed by atoms with Crippen molar-refractivity contribution >= 4 is 21.8 Å². The Labute approximate surface area is 306 Å². The number of fused-ring (bicyclic) bond motifs is 3. The van der Waals surface area contributed by atoms with Crippen molar-refractivity contribution < 1.29 is 51.6 Å². The Kier molecular flexibility index (Phi) is 9.91. The fourth-order valence-corrected chi connectivity index (χ4v) is 5.24. The van der Waals surface area contributed by atoms with Crippen LogP contribution in [0.3, 0.4) is 0 Å². The van der Waals surface area contributed by atoms with E-state index in [1.807, 2.05) is 109 Å². The number of benzene rings is 4. The number of hydrogen-bond acceptors (Lipinski definition) is 6. The molecule has 0 aliphatic heterocycles. The zero-order chi connectivity index (χ0) is 30.9. The molecule has 0 fully saturated rings. The maximum absolute atomic E-state index is 6.27. The summed E-state index contributed by atoms with van der Waals surface area (Å²) in [6.07, 6.45) is 7.10. The van der Waals surface area contributed by atoms with E-state index in [4.69, 9.17) is 9.47 Å². The molecular formula is C39H23N5O2Pt2. The summed E-state index contributed by atoms with van der Waals surface area (Å²) in [6, 6.07) is 44.4. The molecule has 0 aliphatic rings. The standard InChI is InChI=1S/C39H23N5O2.2Pt/c1-26-24-42-39(43-25-26)44-37-22-31(45-29-10-6-8-27(20-29)35-12-2-4-18-40-35)14-16-33(37)34-17-15-32(23-38(34)44)46-30-11-7-9-28(21-30)36-13-3-5-19-41-36;;/h2-19,24-25H,1H3;;/q-4;2*+2. The molecule has 8 aromatic rings.